The van der Waals surface area contributed by atoms with Crippen molar-refractivity contribution in [3.8, 4) is 0 Å². The van der Waals surface area contributed by atoms with E-state index in [1.807, 2.05) is 0 Å². The quantitative estimate of drug-likeness (QED) is 0.771. The van der Waals surface area contributed by atoms with Crippen LogP contribution < -0.4 is 0 Å². The van der Waals surface area contributed by atoms with Gasteiger partial charge in [0.25, 0.3) is 0 Å². The summed E-state index contributed by atoms with van der Waals surface area (Å²) in [5, 5.41) is -0.168. The molecule has 1 unspecified atom stereocenters. The topological polar surface area (TPSA) is 37.3 Å². The third-order valence-electron chi connectivity index (χ3n) is 1.45. The Morgan fingerprint density at radius 2 is 1.93 bits per heavy atom. The molecule has 1 N–H and O–H groups in total. The zero-order chi connectivity index (χ0) is 10.9. The van der Waals surface area contributed by atoms with Crippen molar-refractivity contribution >= 4 is 22.7 Å². The smallest absolute Gasteiger partial charge is 0.302 e. The van der Waals surface area contributed by atoms with Crippen LogP contribution in [-0.2, 0) is 17.3 Å². The summed E-state index contributed by atoms with van der Waals surface area (Å²) in [7, 11) is 0. The lowest BCUT2D eigenvalue weighted by Gasteiger charge is -2.07. The second kappa shape index (κ2) is 3.88. The number of benzene rings is 1. The SMILES string of the molecule is O=S(O)c1cc(C(F)(F)F)ccc1Cl. The fraction of sp³-hybridized carbons (Fsp3) is 0.143. The van der Waals surface area contributed by atoms with Crippen molar-refractivity contribution in [1.82, 2.24) is 0 Å². The maximum Gasteiger partial charge on any atom is 0.416 e. The lowest BCUT2D eigenvalue weighted by molar-refractivity contribution is -0.137. The first kappa shape index (κ1) is 11.5. The van der Waals surface area contributed by atoms with Crippen LogP contribution in [0.5, 0.6) is 0 Å². The zero-order valence-electron chi connectivity index (χ0n) is 6.51. The molecule has 0 fully saturated rings. The van der Waals surface area contributed by atoms with Crippen LogP contribution in [0.3, 0.4) is 0 Å². The molecular weight excluding hydrogens is 241 g/mol. The van der Waals surface area contributed by atoms with Crippen LogP contribution in [0.1, 0.15) is 5.56 Å². The van der Waals surface area contributed by atoms with Gasteiger partial charge in [0.15, 0.2) is 11.1 Å². The van der Waals surface area contributed by atoms with Crippen LogP contribution >= 0.6 is 11.6 Å². The summed E-state index contributed by atoms with van der Waals surface area (Å²) < 4.78 is 55.6. The van der Waals surface area contributed by atoms with Gasteiger partial charge in [-0.05, 0) is 18.2 Å². The molecule has 0 aliphatic rings. The predicted molar refractivity (Wildman–Crippen MR) is 45.5 cm³/mol. The molecule has 0 aliphatic carbocycles. The first-order valence-electron chi connectivity index (χ1n) is 3.30. The first-order valence-corrected chi connectivity index (χ1v) is 4.78. The van der Waals surface area contributed by atoms with Gasteiger partial charge in [-0.15, -0.1) is 0 Å². The van der Waals surface area contributed by atoms with Crippen LogP contribution in [0.25, 0.3) is 0 Å². The molecule has 1 atom stereocenters. The van der Waals surface area contributed by atoms with Gasteiger partial charge in [0.05, 0.1) is 15.5 Å². The van der Waals surface area contributed by atoms with E-state index in [2.05, 4.69) is 0 Å². The van der Waals surface area contributed by atoms with Crippen molar-refractivity contribution < 1.29 is 21.9 Å². The van der Waals surface area contributed by atoms with E-state index in [0.717, 1.165) is 12.1 Å². The highest BCUT2D eigenvalue weighted by Crippen LogP contribution is 2.32. The molecule has 0 radical (unpaired) electrons. The molecule has 0 saturated heterocycles. The molecule has 0 aromatic heterocycles. The molecule has 78 valence electrons. The summed E-state index contributed by atoms with van der Waals surface area (Å²) in [4.78, 5) is -0.443. The summed E-state index contributed by atoms with van der Waals surface area (Å²) >= 11 is 2.90. The van der Waals surface area contributed by atoms with Crippen LogP contribution in [0.15, 0.2) is 23.1 Å². The highest BCUT2D eigenvalue weighted by atomic mass is 35.5. The second-order valence-corrected chi connectivity index (χ2v) is 3.74. The van der Waals surface area contributed by atoms with Crippen LogP contribution in [0.2, 0.25) is 5.02 Å². The highest BCUT2D eigenvalue weighted by Gasteiger charge is 2.31. The largest absolute Gasteiger partial charge is 0.416 e. The van der Waals surface area contributed by atoms with Crippen molar-refractivity contribution in [2.24, 2.45) is 0 Å². The maximum absolute atomic E-state index is 12.1. The number of hydrogen-bond donors (Lipinski definition) is 1. The van der Waals surface area contributed by atoms with E-state index in [9.17, 15) is 17.4 Å². The van der Waals surface area contributed by atoms with Crippen molar-refractivity contribution in [1.29, 1.82) is 0 Å². The Bertz CT molecular complexity index is 378. The minimum absolute atomic E-state index is 0.168. The van der Waals surface area contributed by atoms with Crippen LogP contribution in [-0.4, -0.2) is 8.76 Å². The van der Waals surface area contributed by atoms with E-state index < -0.39 is 27.7 Å². The van der Waals surface area contributed by atoms with Gasteiger partial charge in [0.2, 0.25) is 0 Å². The molecule has 0 heterocycles. The molecule has 1 rings (SSSR count). The summed E-state index contributed by atoms with van der Waals surface area (Å²) in [6, 6.07) is 2.24. The molecule has 0 bridgehead atoms. The van der Waals surface area contributed by atoms with E-state index in [0.29, 0.717) is 6.07 Å². The van der Waals surface area contributed by atoms with Gasteiger partial charge in [-0.3, -0.25) is 0 Å². The van der Waals surface area contributed by atoms with Gasteiger partial charge >= 0.3 is 6.18 Å². The molecule has 7 heteroatoms. The van der Waals surface area contributed by atoms with E-state index in [1.54, 1.807) is 0 Å². The maximum atomic E-state index is 12.1. The van der Waals surface area contributed by atoms with Crippen LogP contribution in [0, 0.1) is 0 Å². The normalized spacial score (nSPS) is 14.1. The number of alkyl halides is 3. The number of rotatable bonds is 1. The lowest BCUT2D eigenvalue weighted by Crippen LogP contribution is -2.05. The molecule has 0 amide bonds. The monoisotopic (exact) mass is 244 g/mol. The fourth-order valence-corrected chi connectivity index (χ4v) is 1.59. The fourth-order valence-electron chi connectivity index (χ4n) is 0.814. The van der Waals surface area contributed by atoms with Crippen molar-refractivity contribution in [2.75, 3.05) is 0 Å². The summed E-state index contributed by atoms with van der Waals surface area (Å²) in [5.41, 5.74) is -1.00. The van der Waals surface area contributed by atoms with Gasteiger partial charge in [0.1, 0.15) is 0 Å². The molecule has 1 aromatic rings. The third kappa shape index (κ3) is 2.46. The van der Waals surface area contributed by atoms with Crippen molar-refractivity contribution in [2.45, 2.75) is 11.1 Å². The van der Waals surface area contributed by atoms with Gasteiger partial charge in [0, 0.05) is 0 Å². The van der Waals surface area contributed by atoms with Gasteiger partial charge in [-0.2, -0.15) is 13.2 Å². The first-order chi connectivity index (χ1) is 6.32. The Morgan fingerprint density at radius 3 is 2.36 bits per heavy atom. The standard InChI is InChI=1S/C7H4ClF3O2S/c8-5-2-1-4(7(9,10)11)3-6(5)14(12)13/h1-3H,(H,12,13). The Morgan fingerprint density at radius 1 is 1.36 bits per heavy atom. The van der Waals surface area contributed by atoms with Crippen LogP contribution in [0.4, 0.5) is 13.2 Å². The van der Waals surface area contributed by atoms with Crippen molar-refractivity contribution in [3.05, 3.63) is 28.8 Å². The highest BCUT2D eigenvalue weighted by molar-refractivity contribution is 7.79. The van der Waals surface area contributed by atoms with E-state index in [1.165, 1.54) is 0 Å². The molecule has 0 saturated carbocycles. The summed E-state index contributed by atoms with van der Waals surface area (Å²) in [6.07, 6.45) is -4.54. The molecule has 14 heavy (non-hydrogen) atoms. The average molecular weight is 245 g/mol. The molecule has 0 spiro atoms. The number of hydrogen-bond acceptors (Lipinski definition) is 1. The summed E-state index contributed by atoms with van der Waals surface area (Å²) in [5.74, 6) is 0. The Labute approximate surface area is 85.0 Å². The van der Waals surface area contributed by atoms with Gasteiger partial charge in [-0.1, -0.05) is 11.6 Å². The molecule has 0 aliphatic heterocycles. The summed E-state index contributed by atoms with van der Waals surface area (Å²) in [6.45, 7) is 0. The zero-order valence-corrected chi connectivity index (χ0v) is 8.08. The molecule has 1 aromatic carbocycles. The second-order valence-electron chi connectivity index (χ2n) is 2.39. The van der Waals surface area contributed by atoms with Gasteiger partial charge in [-0.25, -0.2) is 4.21 Å². The minimum Gasteiger partial charge on any atom is -0.302 e. The van der Waals surface area contributed by atoms with E-state index >= 15 is 0 Å². The van der Waals surface area contributed by atoms with Gasteiger partial charge < -0.3 is 4.55 Å². The molecular formula is C7H4ClF3O2S. The average Bonchev–Trinajstić information content (AvgIpc) is 2.02. The van der Waals surface area contributed by atoms with E-state index in [4.69, 9.17) is 16.2 Å². The third-order valence-corrected chi connectivity index (χ3v) is 2.60. The lowest BCUT2D eigenvalue weighted by atomic mass is 10.2. The minimum atomic E-state index is -4.54. The Kier molecular flexibility index (Phi) is 3.18. The Balaban J connectivity index is 3.27. The van der Waals surface area contributed by atoms with E-state index in [-0.39, 0.29) is 5.02 Å². The van der Waals surface area contributed by atoms with Crippen molar-refractivity contribution in [3.63, 3.8) is 0 Å². The number of halogens is 4. The predicted octanol–water partition coefficient (Wildman–Crippen LogP) is 2.94. The Hall–Kier alpha value is -0.590. The molecule has 2 nitrogen and oxygen atoms in total.